The molecule has 0 aliphatic carbocycles. The van der Waals surface area contributed by atoms with Crippen molar-refractivity contribution < 1.29 is 22.7 Å². The van der Waals surface area contributed by atoms with Gasteiger partial charge in [-0.05, 0) is 55.7 Å². The zero-order valence-electron chi connectivity index (χ0n) is 20.8. The van der Waals surface area contributed by atoms with Crippen LogP contribution in [0.25, 0.3) is 21.7 Å². The van der Waals surface area contributed by atoms with Crippen molar-refractivity contribution in [2.45, 2.75) is 44.3 Å². The Hall–Kier alpha value is -3.12. The van der Waals surface area contributed by atoms with Gasteiger partial charge >= 0.3 is 0 Å². The van der Waals surface area contributed by atoms with E-state index in [1.165, 1.54) is 23.5 Å². The Balaban J connectivity index is 1.58. The molecule has 5 rings (SSSR count). The first-order chi connectivity index (χ1) is 17.5. The monoisotopic (exact) mass is 540 g/mol. The van der Waals surface area contributed by atoms with Crippen LogP contribution in [0.2, 0.25) is 0 Å². The molecule has 1 fully saturated rings. The molecule has 2 aromatic carbocycles. The standard InChI is InChI=1S/C26H28N4O5S2/c1-15-13-29(14-16(2)35-15)26(32)25-28-23(20-6-9-22-19(12-20)10-11-30(22)17(3)31)24(36-25)18-4-7-21(8-5-18)37(27,33)34/h4-9,12,15-16H,10-11,13-14H2,1-3H3,(H2,27,33,34). The first-order valence-corrected chi connectivity index (χ1v) is 14.4. The van der Waals surface area contributed by atoms with Crippen molar-refractivity contribution >= 4 is 38.9 Å². The summed E-state index contributed by atoms with van der Waals surface area (Å²) in [5, 5.41) is 5.63. The molecule has 0 spiro atoms. The molecule has 0 bridgehead atoms. The number of anilines is 1. The number of carbonyl (C=O) groups excluding carboxylic acids is 2. The van der Waals surface area contributed by atoms with Crippen LogP contribution in [0, 0.1) is 0 Å². The highest BCUT2D eigenvalue weighted by molar-refractivity contribution is 7.89. The molecule has 1 saturated heterocycles. The molecule has 0 radical (unpaired) electrons. The second-order valence-electron chi connectivity index (χ2n) is 9.50. The van der Waals surface area contributed by atoms with Crippen molar-refractivity contribution in [2.75, 3.05) is 24.5 Å². The summed E-state index contributed by atoms with van der Waals surface area (Å²) in [4.78, 5) is 34.6. The van der Waals surface area contributed by atoms with Crippen molar-refractivity contribution in [3.8, 4) is 21.7 Å². The number of rotatable bonds is 4. The molecule has 2 N–H and O–H groups in total. The molecule has 3 heterocycles. The van der Waals surface area contributed by atoms with Crippen LogP contribution in [0.3, 0.4) is 0 Å². The van der Waals surface area contributed by atoms with E-state index in [4.69, 9.17) is 14.9 Å². The third-order valence-corrected chi connectivity index (χ3v) is 8.61. The average molecular weight is 541 g/mol. The molecule has 2 atom stereocenters. The fourth-order valence-electron chi connectivity index (χ4n) is 4.95. The van der Waals surface area contributed by atoms with E-state index in [2.05, 4.69) is 0 Å². The predicted octanol–water partition coefficient (Wildman–Crippen LogP) is 3.28. The van der Waals surface area contributed by atoms with Crippen LogP contribution >= 0.6 is 11.3 Å². The second-order valence-corrected chi connectivity index (χ2v) is 12.1. The second kappa shape index (κ2) is 9.64. The lowest BCUT2D eigenvalue weighted by molar-refractivity contribution is -0.116. The molecule has 2 aliphatic rings. The Kier molecular flexibility index (Phi) is 6.65. The van der Waals surface area contributed by atoms with Crippen LogP contribution in [0.5, 0.6) is 0 Å². The highest BCUT2D eigenvalue weighted by Crippen LogP contribution is 2.40. The largest absolute Gasteiger partial charge is 0.372 e. The Morgan fingerprint density at radius 1 is 1.05 bits per heavy atom. The van der Waals surface area contributed by atoms with E-state index in [9.17, 15) is 18.0 Å². The van der Waals surface area contributed by atoms with Gasteiger partial charge in [0.05, 0.1) is 27.7 Å². The highest BCUT2D eigenvalue weighted by atomic mass is 32.2. The van der Waals surface area contributed by atoms with Crippen molar-refractivity contribution in [2.24, 2.45) is 5.14 Å². The number of sulfonamides is 1. The fraction of sp³-hybridized carbons (Fsp3) is 0.346. The summed E-state index contributed by atoms with van der Waals surface area (Å²) in [6.07, 6.45) is 0.595. The predicted molar refractivity (Wildman–Crippen MR) is 142 cm³/mol. The van der Waals surface area contributed by atoms with E-state index in [1.54, 1.807) is 28.9 Å². The maximum absolute atomic E-state index is 13.5. The molecule has 1 aromatic heterocycles. The third-order valence-electron chi connectivity index (χ3n) is 6.59. The number of morpholine rings is 1. The number of hydrogen-bond acceptors (Lipinski definition) is 7. The van der Waals surface area contributed by atoms with Gasteiger partial charge in [0, 0.05) is 37.8 Å². The smallest absolute Gasteiger partial charge is 0.283 e. The lowest BCUT2D eigenvalue weighted by Crippen LogP contribution is -2.48. The minimum Gasteiger partial charge on any atom is -0.372 e. The molecule has 2 amide bonds. The number of hydrogen-bond donors (Lipinski definition) is 1. The van der Waals surface area contributed by atoms with Crippen molar-refractivity contribution in [1.29, 1.82) is 0 Å². The normalized spacial score (nSPS) is 19.7. The van der Waals surface area contributed by atoms with Gasteiger partial charge in [-0.2, -0.15) is 0 Å². The molecule has 2 unspecified atom stereocenters. The molecule has 3 aromatic rings. The number of amides is 2. The van der Waals surface area contributed by atoms with E-state index in [0.29, 0.717) is 30.3 Å². The number of thiazole rings is 1. The molecule has 0 saturated carbocycles. The topological polar surface area (TPSA) is 123 Å². The molecule has 37 heavy (non-hydrogen) atoms. The van der Waals surface area contributed by atoms with E-state index < -0.39 is 10.0 Å². The molecular formula is C26H28N4O5S2. The SMILES string of the molecule is CC(=O)N1CCc2cc(-c3nc(C(=O)N4CC(C)OC(C)C4)sc3-c3ccc(S(N)(=O)=O)cc3)ccc21. The van der Waals surface area contributed by atoms with Crippen molar-refractivity contribution in [1.82, 2.24) is 9.88 Å². The van der Waals surface area contributed by atoms with E-state index in [1.807, 2.05) is 32.0 Å². The Bertz CT molecular complexity index is 1470. The summed E-state index contributed by atoms with van der Waals surface area (Å²) in [6, 6.07) is 12.1. The average Bonchev–Trinajstić information content (AvgIpc) is 3.47. The van der Waals surface area contributed by atoms with Crippen molar-refractivity contribution in [3.63, 3.8) is 0 Å². The molecule has 2 aliphatic heterocycles. The van der Waals surface area contributed by atoms with Crippen LogP contribution in [0.15, 0.2) is 47.4 Å². The number of benzene rings is 2. The lowest BCUT2D eigenvalue weighted by Gasteiger charge is -2.34. The van der Waals surface area contributed by atoms with Gasteiger partial charge in [0.2, 0.25) is 15.9 Å². The van der Waals surface area contributed by atoms with Crippen LogP contribution in [-0.4, -0.2) is 62.0 Å². The number of ether oxygens (including phenoxy) is 1. The van der Waals surface area contributed by atoms with Gasteiger partial charge in [-0.3, -0.25) is 9.59 Å². The maximum Gasteiger partial charge on any atom is 0.283 e. The number of fused-ring (bicyclic) bond motifs is 1. The van der Waals surface area contributed by atoms with Crippen LogP contribution in [-0.2, 0) is 26.0 Å². The molecule has 194 valence electrons. The van der Waals surface area contributed by atoms with E-state index in [0.717, 1.165) is 33.7 Å². The first-order valence-electron chi connectivity index (χ1n) is 12.0. The van der Waals surface area contributed by atoms with Gasteiger partial charge in [0.1, 0.15) is 0 Å². The van der Waals surface area contributed by atoms with Crippen LogP contribution in [0.4, 0.5) is 5.69 Å². The van der Waals surface area contributed by atoms with Gasteiger partial charge in [0.15, 0.2) is 5.01 Å². The maximum atomic E-state index is 13.5. The van der Waals surface area contributed by atoms with Gasteiger partial charge < -0.3 is 14.5 Å². The van der Waals surface area contributed by atoms with Gasteiger partial charge in [0.25, 0.3) is 5.91 Å². The zero-order valence-corrected chi connectivity index (χ0v) is 22.4. The van der Waals surface area contributed by atoms with Gasteiger partial charge in [-0.1, -0.05) is 18.2 Å². The van der Waals surface area contributed by atoms with Gasteiger partial charge in [-0.25, -0.2) is 18.5 Å². The number of nitrogens with zero attached hydrogens (tertiary/aromatic N) is 3. The number of nitrogens with two attached hydrogens (primary N) is 1. The molecule has 11 heteroatoms. The molecule has 9 nitrogen and oxygen atoms in total. The quantitative estimate of drug-likeness (QED) is 0.542. The fourth-order valence-corrected chi connectivity index (χ4v) is 6.53. The van der Waals surface area contributed by atoms with Crippen LogP contribution in [0.1, 0.15) is 36.1 Å². The minimum atomic E-state index is -3.83. The number of primary sulfonamides is 1. The number of carbonyl (C=O) groups is 2. The lowest BCUT2D eigenvalue weighted by atomic mass is 10.0. The summed E-state index contributed by atoms with van der Waals surface area (Å²) in [6.45, 7) is 7.03. The Labute approximate surface area is 219 Å². The van der Waals surface area contributed by atoms with Crippen molar-refractivity contribution in [3.05, 3.63) is 53.0 Å². The summed E-state index contributed by atoms with van der Waals surface area (Å²) in [7, 11) is -3.83. The number of aromatic nitrogens is 1. The zero-order chi connectivity index (χ0) is 26.5. The third kappa shape index (κ3) is 5.04. The summed E-state index contributed by atoms with van der Waals surface area (Å²) in [5.41, 5.74) is 4.12. The highest BCUT2D eigenvalue weighted by Gasteiger charge is 2.30. The summed E-state index contributed by atoms with van der Waals surface area (Å²) >= 11 is 1.28. The Morgan fingerprint density at radius 2 is 1.70 bits per heavy atom. The Morgan fingerprint density at radius 3 is 2.32 bits per heavy atom. The van der Waals surface area contributed by atoms with Crippen LogP contribution < -0.4 is 10.0 Å². The van der Waals surface area contributed by atoms with Gasteiger partial charge in [-0.15, -0.1) is 11.3 Å². The van der Waals surface area contributed by atoms with E-state index >= 15 is 0 Å². The summed E-state index contributed by atoms with van der Waals surface area (Å²) in [5.74, 6) is -0.165. The van der Waals surface area contributed by atoms with E-state index in [-0.39, 0.29) is 28.9 Å². The first kappa shape index (κ1) is 25.5. The molecular weight excluding hydrogens is 512 g/mol. The summed E-state index contributed by atoms with van der Waals surface area (Å²) < 4.78 is 29.3. The minimum absolute atomic E-state index is 0.00218.